The van der Waals surface area contributed by atoms with Crippen LogP contribution in [-0.4, -0.2) is 57.3 Å². The second-order valence-electron chi connectivity index (χ2n) is 9.03. The first-order valence-corrected chi connectivity index (χ1v) is 10.9. The predicted molar refractivity (Wildman–Crippen MR) is 121 cm³/mol. The Morgan fingerprint density at radius 1 is 1.00 bits per heavy atom. The van der Waals surface area contributed by atoms with Gasteiger partial charge in [-0.05, 0) is 31.9 Å². The van der Waals surface area contributed by atoms with Crippen molar-refractivity contribution < 1.29 is 29.0 Å². The van der Waals surface area contributed by atoms with Gasteiger partial charge >= 0.3 is 18.2 Å². The van der Waals surface area contributed by atoms with E-state index in [9.17, 15) is 19.5 Å². The molecule has 176 valence electrons. The Morgan fingerprint density at radius 3 is 2.12 bits per heavy atom. The maximum absolute atomic E-state index is 13.0. The number of hydrogen-bond donors (Lipinski definition) is 1. The zero-order valence-corrected chi connectivity index (χ0v) is 19.1. The van der Waals surface area contributed by atoms with Crippen LogP contribution in [0.3, 0.4) is 0 Å². The van der Waals surface area contributed by atoms with Crippen LogP contribution >= 0.6 is 0 Å². The van der Waals surface area contributed by atoms with Crippen LogP contribution in [0.4, 0.5) is 9.59 Å². The van der Waals surface area contributed by atoms with Crippen molar-refractivity contribution in [3.63, 3.8) is 0 Å². The van der Waals surface area contributed by atoms with Gasteiger partial charge in [0.25, 0.3) is 0 Å². The highest BCUT2D eigenvalue weighted by atomic mass is 16.6. The molecule has 2 atom stereocenters. The number of rotatable bonds is 6. The number of likely N-dealkylation sites (tertiary alicyclic amines) is 1. The molecule has 0 bridgehead atoms. The molecule has 2 amide bonds. The van der Waals surface area contributed by atoms with E-state index < -0.39 is 35.8 Å². The number of hydrogen-bond acceptors (Lipinski definition) is 5. The molecule has 0 unspecified atom stereocenters. The maximum Gasteiger partial charge on any atom is 0.410 e. The number of aliphatic carboxylic acids is 1. The lowest BCUT2D eigenvalue weighted by molar-refractivity contribution is -0.141. The SMILES string of the molecule is CC(C)(C)OC(=O)N(Cc1ccccc1)[C@H]1C[C@@H](C(=O)O)N(C(=O)OCc2ccccc2)C1. The molecule has 8 heteroatoms. The van der Waals surface area contributed by atoms with E-state index in [2.05, 4.69) is 0 Å². The van der Waals surface area contributed by atoms with E-state index in [-0.39, 0.29) is 26.1 Å². The van der Waals surface area contributed by atoms with Crippen molar-refractivity contribution in [1.82, 2.24) is 9.80 Å². The van der Waals surface area contributed by atoms with Crippen LogP contribution in [0, 0.1) is 0 Å². The summed E-state index contributed by atoms with van der Waals surface area (Å²) in [5.41, 5.74) is 0.957. The molecule has 2 aromatic carbocycles. The summed E-state index contributed by atoms with van der Waals surface area (Å²) in [4.78, 5) is 40.4. The quantitative estimate of drug-likeness (QED) is 0.700. The molecule has 1 aliphatic heterocycles. The highest BCUT2D eigenvalue weighted by Crippen LogP contribution is 2.27. The van der Waals surface area contributed by atoms with Crippen molar-refractivity contribution in [2.24, 2.45) is 0 Å². The van der Waals surface area contributed by atoms with Crippen LogP contribution in [-0.2, 0) is 27.4 Å². The van der Waals surface area contributed by atoms with Crippen LogP contribution in [0.2, 0.25) is 0 Å². The van der Waals surface area contributed by atoms with Crippen molar-refractivity contribution in [2.75, 3.05) is 6.54 Å². The third-order valence-electron chi connectivity index (χ3n) is 5.27. The molecule has 3 rings (SSSR count). The minimum Gasteiger partial charge on any atom is -0.480 e. The zero-order valence-electron chi connectivity index (χ0n) is 19.1. The minimum absolute atomic E-state index is 0.0347. The molecular formula is C25H30N2O6. The van der Waals surface area contributed by atoms with Gasteiger partial charge in [-0.1, -0.05) is 60.7 Å². The third kappa shape index (κ3) is 6.71. The van der Waals surface area contributed by atoms with Gasteiger partial charge in [-0.25, -0.2) is 14.4 Å². The zero-order chi connectivity index (χ0) is 24.0. The number of amides is 2. The van der Waals surface area contributed by atoms with Gasteiger partial charge in [0, 0.05) is 19.5 Å². The second-order valence-corrected chi connectivity index (χ2v) is 9.03. The molecule has 33 heavy (non-hydrogen) atoms. The third-order valence-corrected chi connectivity index (χ3v) is 5.27. The summed E-state index contributed by atoms with van der Waals surface area (Å²) < 4.78 is 11.0. The number of carboxylic acid groups (broad SMARTS) is 1. The van der Waals surface area contributed by atoms with E-state index in [4.69, 9.17) is 9.47 Å². The largest absolute Gasteiger partial charge is 0.480 e. The van der Waals surface area contributed by atoms with Gasteiger partial charge in [-0.15, -0.1) is 0 Å². The molecule has 8 nitrogen and oxygen atoms in total. The molecule has 0 aliphatic carbocycles. The Hall–Kier alpha value is -3.55. The van der Waals surface area contributed by atoms with Gasteiger partial charge in [0.2, 0.25) is 0 Å². The lowest BCUT2D eigenvalue weighted by Crippen LogP contribution is -2.45. The maximum atomic E-state index is 13.0. The van der Waals surface area contributed by atoms with Crippen molar-refractivity contribution in [2.45, 2.75) is 58.0 Å². The normalized spacial score (nSPS) is 18.0. The molecular weight excluding hydrogens is 424 g/mol. The Labute approximate surface area is 193 Å². The number of ether oxygens (including phenoxy) is 2. The summed E-state index contributed by atoms with van der Waals surface area (Å²) >= 11 is 0. The lowest BCUT2D eigenvalue weighted by atomic mass is 10.1. The van der Waals surface area contributed by atoms with Gasteiger partial charge in [-0.2, -0.15) is 0 Å². The number of carboxylic acids is 1. The molecule has 0 saturated carbocycles. The van der Waals surface area contributed by atoms with Crippen molar-refractivity contribution in [3.05, 3.63) is 71.8 Å². The Morgan fingerprint density at radius 2 is 1.58 bits per heavy atom. The van der Waals surface area contributed by atoms with Gasteiger partial charge in [0.1, 0.15) is 18.2 Å². The lowest BCUT2D eigenvalue weighted by Gasteiger charge is -2.31. The summed E-state index contributed by atoms with van der Waals surface area (Å²) in [6.45, 7) is 5.62. The topological polar surface area (TPSA) is 96.4 Å². The summed E-state index contributed by atoms with van der Waals surface area (Å²) in [5, 5.41) is 9.75. The van der Waals surface area contributed by atoms with E-state index in [1.165, 1.54) is 9.80 Å². The van der Waals surface area contributed by atoms with Crippen molar-refractivity contribution in [1.29, 1.82) is 0 Å². The van der Waals surface area contributed by atoms with Gasteiger partial charge < -0.3 is 14.6 Å². The molecule has 1 aliphatic rings. The summed E-state index contributed by atoms with van der Waals surface area (Å²) in [5.74, 6) is -1.14. The highest BCUT2D eigenvalue weighted by Gasteiger charge is 2.44. The van der Waals surface area contributed by atoms with Crippen LogP contribution in [0.5, 0.6) is 0 Å². The minimum atomic E-state index is -1.14. The second kappa shape index (κ2) is 10.4. The summed E-state index contributed by atoms with van der Waals surface area (Å²) in [7, 11) is 0. The first-order chi connectivity index (χ1) is 15.6. The fourth-order valence-electron chi connectivity index (χ4n) is 3.72. The Kier molecular flexibility index (Phi) is 7.58. The van der Waals surface area contributed by atoms with Gasteiger partial charge in [0.15, 0.2) is 0 Å². The van der Waals surface area contributed by atoms with Gasteiger partial charge in [-0.3, -0.25) is 9.80 Å². The van der Waals surface area contributed by atoms with E-state index in [0.717, 1.165) is 11.1 Å². The first-order valence-electron chi connectivity index (χ1n) is 10.9. The summed E-state index contributed by atoms with van der Waals surface area (Å²) in [6, 6.07) is 16.9. The smallest absolute Gasteiger partial charge is 0.410 e. The standard InChI is InChI=1S/C25H30N2O6/c1-25(2,3)33-24(31)26(15-18-10-6-4-7-11-18)20-14-21(22(28)29)27(16-20)23(30)32-17-19-12-8-5-9-13-19/h4-13,20-21H,14-17H2,1-3H3,(H,28,29)/t20-,21-/m0/s1. The molecule has 0 radical (unpaired) electrons. The van der Waals surface area contributed by atoms with E-state index >= 15 is 0 Å². The number of carbonyl (C=O) groups is 3. The molecule has 2 aromatic rings. The average Bonchev–Trinajstić information content (AvgIpc) is 3.21. The average molecular weight is 455 g/mol. The van der Waals surface area contributed by atoms with Crippen molar-refractivity contribution >= 4 is 18.2 Å². The molecule has 0 spiro atoms. The Bertz CT molecular complexity index is 958. The molecule has 0 aromatic heterocycles. The molecule has 1 fully saturated rings. The molecule has 1 saturated heterocycles. The first kappa shape index (κ1) is 24.1. The monoisotopic (exact) mass is 454 g/mol. The van der Waals surface area contributed by atoms with Gasteiger partial charge in [0.05, 0.1) is 6.04 Å². The van der Waals surface area contributed by atoms with E-state index in [1.54, 1.807) is 20.8 Å². The van der Waals surface area contributed by atoms with Crippen molar-refractivity contribution in [3.8, 4) is 0 Å². The van der Waals surface area contributed by atoms with Crippen LogP contribution in [0.25, 0.3) is 0 Å². The van der Waals surface area contributed by atoms with Crippen LogP contribution in [0.15, 0.2) is 60.7 Å². The molecule has 1 heterocycles. The number of benzene rings is 2. The number of nitrogens with zero attached hydrogens (tertiary/aromatic N) is 2. The van der Waals surface area contributed by atoms with Crippen LogP contribution in [0.1, 0.15) is 38.3 Å². The molecule has 1 N–H and O–H groups in total. The number of carbonyl (C=O) groups excluding carboxylic acids is 2. The van der Waals surface area contributed by atoms with E-state index in [0.29, 0.717) is 0 Å². The fraction of sp³-hybridized carbons (Fsp3) is 0.400. The summed E-state index contributed by atoms with van der Waals surface area (Å²) in [6.07, 6.45) is -1.19. The van der Waals surface area contributed by atoms with Crippen LogP contribution < -0.4 is 0 Å². The van der Waals surface area contributed by atoms with E-state index in [1.807, 2.05) is 60.7 Å². The predicted octanol–water partition coefficient (Wildman–Crippen LogP) is 4.29. The Balaban J connectivity index is 1.77. The highest BCUT2D eigenvalue weighted by molar-refractivity contribution is 5.81. The fourth-order valence-corrected chi connectivity index (χ4v) is 3.72.